The second kappa shape index (κ2) is 4.98. The molecule has 0 amide bonds. The average Bonchev–Trinajstić information content (AvgIpc) is 2.69. The number of carbonyl (C=O) groups excluding carboxylic acids is 1. The lowest BCUT2D eigenvalue weighted by Crippen LogP contribution is -2.47. The van der Waals surface area contributed by atoms with Crippen molar-refractivity contribution in [2.75, 3.05) is 25.6 Å². The van der Waals surface area contributed by atoms with E-state index in [1.807, 2.05) is 7.05 Å². The van der Waals surface area contributed by atoms with Crippen LogP contribution in [0.2, 0.25) is 0 Å². The van der Waals surface area contributed by atoms with E-state index in [4.69, 9.17) is 4.74 Å². The highest BCUT2D eigenvalue weighted by molar-refractivity contribution is 9.10. The molecule has 1 aliphatic rings. The molecule has 0 unspecified atom stereocenters. The number of hydrogen-bond acceptors (Lipinski definition) is 4. The normalized spacial score (nSPS) is 17.4. The summed E-state index contributed by atoms with van der Waals surface area (Å²) >= 11 is 5.13. The minimum atomic E-state index is -0.278. The van der Waals surface area contributed by atoms with E-state index in [9.17, 15) is 4.79 Å². The Balaban J connectivity index is 2.06. The number of rotatable bonds is 4. The van der Waals surface area contributed by atoms with Gasteiger partial charge in [0.05, 0.1) is 17.5 Å². The summed E-state index contributed by atoms with van der Waals surface area (Å²) in [7, 11) is 3.51. The molecule has 0 aliphatic heterocycles. The van der Waals surface area contributed by atoms with Crippen molar-refractivity contribution in [2.24, 2.45) is 5.41 Å². The topological polar surface area (TPSA) is 29.5 Å². The molecule has 0 saturated heterocycles. The molecule has 0 aromatic carbocycles. The van der Waals surface area contributed by atoms with Crippen LogP contribution in [0.1, 0.15) is 19.3 Å². The zero-order valence-corrected chi connectivity index (χ0v) is 12.4. The first-order valence-corrected chi connectivity index (χ1v) is 7.28. The molecule has 3 nitrogen and oxygen atoms in total. The summed E-state index contributed by atoms with van der Waals surface area (Å²) in [5, 5.41) is 3.23. The van der Waals surface area contributed by atoms with Gasteiger partial charge >= 0.3 is 5.97 Å². The highest BCUT2D eigenvalue weighted by Gasteiger charge is 2.46. The van der Waals surface area contributed by atoms with Gasteiger partial charge in [-0.3, -0.25) is 4.79 Å². The van der Waals surface area contributed by atoms with Crippen molar-refractivity contribution in [3.8, 4) is 0 Å². The monoisotopic (exact) mass is 317 g/mol. The Kier molecular flexibility index (Phi) is 3.78. The smallest absolute Gasteiger partial charge is 0.313 e. The van der Waals surface area contributed by atoms with Crippen LogP contribution in [0.25, 0.3) is 0 Å². The third-order valence-electron chi connectivity index (χ3n) is 3.40. The molecule has 0 bridgehead atoms. The number of halogens is 1. The highest BCUT2D eigenvalue weighted by atomic mass is 79.9. The predicted octanol–water partition coefficient (Wildman–Crippen LogP) is 3.29. The Hall–Kier alpha value is -0.550. The van der Waals surface area contributed by atoms with Gasteiger partial charge in [-0.2, -0.15) is 0 Å². The lowest BCUT2D eigenvalue weighted by molar-refractivity contribution is -0.157. The lowest BCUT2D eigenvalue weighted by Gasteiger charge is -2.41. The maximum Gasteiger partial charge on any atom is 0.313 e. The molecule has 0 spiro atoms. The first-order valence-electron chi connectivity index (χ1n) is 5.61. The molecule has 17 heavy (non-hydrogen) atoms. The molecule has 1 fully saturated rings. The van der Waals surface area contributed by atoms with E-state index in [0.717, 1.165) is 30.3 Å². The summed E-state index contributed by atoms with van der Waals surface area (Å²) in [6.07, 6.45) is 3.00. The Morgan fingerprint density at radius 2 is 2.35 bits per heavy atom. The van der Waals surface area contributed by atoms with Gasteiger partial charge < -0.3 is 9.64 Å². The minimum absolute atomic E-state index is 0.0637. The predicted molar refractivity (Wildman–Crippen MR) is 73.6 cm³/mol. The van der Waals surface area contributed by atoms with Gasteiger partial charge in [0, 0.05) is 23.4 Å². The molecule has 1 heterocycles. The van der Waals surface area contributed by atoms with Gasteiger partial charge in [0.1, 0.15) is 0 Å². The fourth-order valence-corrected chi connectivity index (χ4v) is 3.67. The molecular formula is C12H16BrNO2S. The zero-order chi connectivity index (χ0) is 12.5. The third kappa shape index (κ3) is 2.50. The van der Waals surface area contributed by atoms with E-state index in [-0.39, 0.29) is 11.4 Å². The number of anilines is 1. The maximum absolute atomic E-state index is 11.8. The van der Waals surface area contributed by atoms with Gasteiger partial charge in [-0.05, 0) is 34.8 Å². The van der Waals surface area contributed by atoms with Crippen molar-refractivity contribution in [3.63, 3.8) is 0 Å². The molecule has 1 aromatic heterocycles. The lowest BCUT2D eigenvalue weighted by atomic mass is 9.68. The molecule has 1 aliphatic carbocycles. The molecule has 5 heteroatoms. The van der Waals surface area contributed by atoms with Crippen LogP contribution in [0.5, 0.6) is 0 Å². The quantitative estimate of drug-likeness (QED) is 0.798. The largest absolute Gasteiger partial charge is 0.469 e. The number of carbonyl (C=O) groups is 1. The van der Waals surface area contributed by atoms with Gasteiger partial charge in [0.2, 0.25) is 0 Å². The van der Waals surface area contributed by atoms with Crippen LogP contribution < -0.4 is 4.90 Å². The van der Waals surface area contributed by atoms with E-state index >= 15 is 0 Å². The number of nitrogens with zero attached hydrogens (tertiary/aromatic N) is 1. The van der Waals surface area contributed by atoms with Crippen LogP contribution in [0.3, 0.4) is 0 Å². The Labute approximate surface area is 114 Å². The van der Waals surface area contributed by atoms with Gasteiger partial charge in [0.25, 0.3) is 0 Å². The summed E-state index contributed by atoms with van der Waals surface area (Å²) in [5.41, 5.74) is -0.278. The van der Waals surface area contributed by atoms with Crippen molar-refractivity contribution in [2.45, 2.75) is 19.3 Å². The summed E-state index contributed by atoms with van der Waals surface area (Å²) in [4.78, 5) is 14.0. The van der Waals surface area contributed by atoms with Crippen LogP contribution >= 0.6 is 27.3 Å². The Bertz CT molecular complexity index is 414. The number of esters is 1. The van der Waals surface area contributed by atoms with Crippen molar-refractivity contribution < 1.29 is 9.53 Å². The average molecular weight is 318 g/mol. The zero-order valence-electron chi connectivity index (χ0n) is 10.0. The van der Waals surface area contributed by atoms with E-state index in [0.29, 0.717) is 0 Å². The molecule has 2 rings (SSSR count). The highest BCUT2D eigenvalue weighted by Crippen LogP contribution is 2.43. The fourth-order valence-electron chi connectivity index (χ4n) is 2.28. The van der Waals surface area contributed by atoms with Crippen molar-refractivity contribution in [1.29, 1.82) is 0 Å². The van der Waals surface area contributed by atoms with Crippen LogP contribution in [0, 0.1) is 5.41 Å². The standard InChI is InChI=1S/C12H16BrNO2S/c1-14(10-6-9(13)7-17-10)8-12(4-3-5-12)11(15)16-2/h6-7H,3-5,8H2,1-2H3. The minimum Gasteiger partial charge on any atom is -0.469 e. The first kappa shape index (κ1) is 12.9. The Morgan fingerprint density at radius 1 is 1.65 bits per heavy atom. The first-order chi connectivity index (χ1) is 8.07. The second-order valence-electron chi connectivity index (χ2n) is 4.58. The van der Waals surface area contributed by atoms with Crippen LogP contribution in [0.4, 0.5) is 5.00 Å². The van der Waals surface area contributed by atoms with E-state index < -0.39 is 0 Å². The Morgan fingerprint density at radius 3 is 2.76 bits per heavy atom. The molecule has 94 valence electrons. The summed E-state index contributed by atoms with van der Waals surface area (Å²) in [5.74, 6) is -0.0637. The second-order valence-corrected chi connectivity index (χ2v) is 6.39. The van der Waals surface area contributed by atoms with Crippen molar-refractivity contribution >= 4 is 38.2 Å². The number of thiophene rings is 1. The fraction of sp³-hybridized carbons (Fsp3) is 0.583. The van der Waals surface area contributed by atoms with Crippen LogP contribution in [0.15, 0.2) is 15.9 Å². The molecule has 1 saturated carbocycles. The van der Waals surface area contributed by atoms with Gasteiger partial charge in [-0.25, -0.2) is 0 Å². The molecule has 1 aromatic rings. The van der Waals surface area contributed by atoms with Gasteiger partial charge in [0.15, 0.2) is 0 Å². The van der Waals surface area contributed by atoms with E-state index in [2.05, 4.69) is 32.3 Å². The summed E-state index contributed by atoms with van der Waals surface area (Å²) < 4.78 is 6.02. The summed E-state index contributed by atoms with van der Waals surface area (Å²) in [6, 6.07) is 2.08. The van der Waals surface area contributed by atoms with E-state index in [1.165, 1.54) is 12.1 Å². The molecule has 0 N–H and O–H groups in total. The number of hydrogen-bond donors (Lipinski definition) is 0. The molecule has 0 atom stereocenters. The van der Waals surface area contributed by atoms with Crippen LogP contribution in [-0.4, -0.2) is 26.7 Å². The van der Waals surface area contributed by atoms with Crippen molar-refractivity contribution in [1.82, 2.24) is 0 Å². The third-order valence-corrected chi connectivity index (χ3v) is 5.20. The summed E-state index contributed by atoms with van der Waals surface area (Å²) in [6.45, 7) is 0.743. The molecular weight excluding hydrogens is 302 g/mol. The number of methoxy groups -OCH3 is 1. The van der Waals surface area contributed by atoms with Crippen LogP contribution in [-0.2, 0) is 9.53 Å². The molecule has 0 radical (unpaired) electrons. The van der Waals surface area contributed by atoms with Gasteiger partial charge in [-0.1, -0.05) is 6.42 Å². The van der Waals surface area contributed by atoms with E-state index in [1.54, 1.807) is 11.3 Å². The van der Waals surface area contributed by atoms with Gasteiger partial charge in [-0.15, -0.1) is 11.3 Å². The maximum atomic E-state index is 11.8. The SMILES string of the molecule is COC(=O)C1(CN(C)c2cc(Br)cs2)CCC1. The van der Waals surface area contributed by atoms with Crippen molar-refractivity contribution in [3.05, 3.63) is 15.9 Å². The number of ether oxygens (including phenoxy) is 1.